The van der Waals surface area contributed by atoms with Crippen molar-refractivity contribution in [2.45, 2.75) is 48.6 Å². The molecule has 1 atom stereocenters. The highest BCUT2D eigenvalue weighted by Gasteiger charge is 2.41. The van der Waals surface area contributed by atoms with Gasteiger partial charge in [-0.3, -0.25) is 0 Å². The summed E-state index contributed by atoms with van der Waals surface area (Å²) in [5.41, 5.74) is 0.331. The van der Waals surface area contributed by atoms with Gasteiger partial charge in [-0.2, -0.15) is 5.26 Å². The highest BCUT2D eigenvalue weighted by Crippen LogP contribution is 2.38. The van der Waals surface area contributed by atoms with Crippen LogP contribution in [-0.4, -0.2) is 26.5 Å². The Balaban J connectivity index is 1.78. The normalized spacial score (nSPS) is 24.2. The Morgan fingerprint density at radius 3 is 2.76 bits per heavy atom. The first kappa shape index (κ1) is 14.5. The topological polar surface area (TPSA) is 82.0 Å². The molecule has 1 saturated heterocycles. The van der Waals surface area contributed by atoms with Crippen LogP contribution >= 0.6 is 0 Å². The summed E-state index contributed by atoms with van der Waals surface area (Å²) in [6.45, 7) is 0.840. The lowest BCUT2D eigenvalue weighted by Gasteiger charge is -2.48. The monoisotopic (exact) mass is 305 g/mol. The summed E-state index contributed by atoms with van der Waals surface area (Å²) >= 11 is 0. The molecule has 112 valence electrons. The van der Waals surface area contributed by atoms with Crippen LogP contribution in [0.2, 0.25) is 0 Å². The highest BCUT2D eigenvalue weighted by molar-refractivity contribution is 7.89. The number of nitriles is 1. The van der Waals surface area contributed by atoms with Gasteiger partial charge >= 0.3 is 0 Å². The zero-order valence-corrected chi connectivity index (χ0v) is 12.6. The van der Waals surface area contributed by atoms with E-state index in [0.717, 1.165) is 32.2 Å². The number of sulfonamides is 1. The number of benzene rings is 1. The lowest BCUT2D eigenvalue weighted by atomic mass is 9.70. The van der Waals surface area contributed by atoms with Crippen molar-refractivity contribution in [1.29, 1.82) is 5.26 Å². The number of hydrogen-bond acceptors (Lipinski definition) is 4. The third kappa shape index (κ3) is 2.82. The van der Waals surface area contributed by atoms with Crippen LogP contribution in [0.4, 0.5) is 0 Å². The molecule has 1 aromatic rings. The maximum absolute atomic E-state index is 12.5. The summed E-state index contributed by atoms with van der Waals surface area (Å²) in [6.07, 6.45) is 5.08. The summed E-state index contributed by atoms with van der Waals surface area (Å²) in [5.74, 6) is 0. The average Bonchev–Trinajstić information content (AvgIpc) is 2.45. The van der Waals surface area contributed by atoms with Gasteiger partial charge in [0.1, 0.15) is 6.07 Å². The predicted molar refractivity (Wildman–Crippen MR) is 79.1 cm³/mol. The molecular formula is C15H19N3O2S. The van der Waals surface area contributed by atoms with Gasteiger partial charge < -0.3 is 5.32 Å². The summed E-state index contributed by atoms with van der Waals surface area (Å²) in [5, 5.41) is 12.6. The number of nitrogens with one attached hydrogen (secondary N) is 2. The van der Waals surface area contributed by atoms with E-state index in [4.69, 9.17) is 5.26 Å². The number of hydrogen-bond donors (Lipinski definition) is 2. The molecule has 0 bridgehead atoms. The lowest BCUT2D eigenvalue weighted by Crippen LogP contribution is -2.59. The van der Waals surface area contributed by atoms with Crippen molar-refractivity contribution in [1.82, 2.24) is 10.0 Å². The van der Waals surface area contributed by atoms with Crippen molar-refractivity contribution in [3.05, 3.63) is 29.8 Å². The summed E-state index contributed by atoms with van der Waals surface area (Å²) < 4.78 is 27.8. The van der Waals surface area contributed by atoms with Gasteiger partial charge in [-0.25, -0.2) is 13.1 Å². The molecule has 3 rings (SSSR count). The van der Waals surface area contributed by atoms with E-state index in [-0.39, 0.29) is 22.0 Å². The summed E-state index contributed by atoms with van der Waals surface area (Å²) in [7, 11) is -3.64. The van der Waals surface area contributed by atoms with Crippen LogP contribution < -0.4 is 10.0 Å². The SMILES string of the molecule is N#Cc1ccccc1S(=O)(=O)NC1CCNC2(CCC2)C1. The second kappa shape index (κ2) is 5.41. The molecular weight excluding hydrogens is 286 g/mol. The van der Waals surface area contributed by atoms with Gasteiger partial charge in [0.25, 0.3) is 0 Å². The van der Waals surface area contributed by atoms with Crippen molar-refractivity contribution in [2.24, 2.45) is 0 Å². The molecule has 5 nitrogen and oxygen atoms in total. The molecule has 0 amide bonds. The molecule has 1 heterocycles. The molecule has 6 heteroatoms. The fourth-order valence-electron chi connectivity index (χ4n) is 3.32. The van der Waals surface area contributed by atoms with Crippen LogP contribution in [0.15, 0.2) is 29.2 Å². The van der Waals surface area contributed by atoms with Gasteiger partial charge in [0, 0.05) is 11.6 Å². The molecule has 0 aromatic heterocycles. The largest absolute Gasteiger partial charge is 0.311 e. The van der Waals surface area contributed by atoms with E-state index in [1.807, 2.05) is 6.07 Å². The second-order valence-electron chi connectivity index (χ2n) is 5.98. The van der Waals surface area contributed by atoms with Gasteiger partial charge in [-0.05, 0) is 50.8 Å². The Morgan fingerprint density at radius 1 is 1.33 bits per heavy atom. The third-order valence-corrected chi connectivity index (χ3v) is 6.14. The molecule has 2 N–H and O–H groups in total. The van der Waals surface area contributed by atoms with Crippen molar-refractivity contribution >= 4 is 10.0 Å². The first-order valence-corrected chi connectivity index (χ1v) is 8.80. The van der Waals surface area contributed by atoms with E-state index in [0.29, 0.717) is 0 Å². The molecule has 1 unspecified atom stereocenters. The van der Waals surface area contributed by atoms with Gasteiger partial charge in [-0.1, -0.05) is 12.1 Å². The van der Waals surface area contributed by atoms with E-state index < -0.39 is 10.0 Å². The highest BCUT2D eigenvalue weighted by atomic mass is 32.2. The quantitative estimate of drug-likeness (QED) is 0.887. The van der Waals surface area contributed by atoms with Crippen LogP contribution in [-0.2, 0) is 10.0 Å². The van der Waals surface area contributed by atoms with E-state index in [9.17, 15) is 8.42 Å². The van der Waals surface area contributed by atoms with Crippen molar-refractivity contribution in [3.8, 4) is 6.07 Å². The van der Waals surface area contributed by atoms with E-state index in [2.05, 4.69) is 10.0 Å². The average molecular weight is 305 g/mol. The lowest BCUT2D eigenvalue weighted by molar-refractivity contribution is 0.126. The Bertz CT molecular complexity index is 674. The Hall–Kier alpha value is -1.42. The van der Waals surface area contributed by atoms with Crippen LogP contribution in [0.3, 0.4) is 0 Å². The minimum absolute atomic E-state index is 0.0525. The van der Waals surface area contributed by atoms with Crippen LogP contribution in [0.25, 0.3) is 0 Å². The maximum Gasteiger partial charge on any atom is 0.242 e. The zero-order valence-electron chi connectivity index (χ0n) is 11.8. The van der Waals surface area contributed by atoms with Crippen LogP contribution in [0, 0.1) is 11.3 Å². The van der Waals surface area contributed by atoms with Gasteiger partial charge in [0.15, 0.2) is 0 Å². The number of nitrogens with zero attached hydrogens (tertiary/aromatic N) is 1. The van der Waals surface area contributed by atoms with Crippen molar-refractivity contribution in [2.75, 3.05) is 6.54 Å². The fraction of sp³-hybridized carbons (Fsp3) is 0.533. The van der Waals surface area contributed by atoms with E-state index in [1.54, 1.807) is 12.1 Å². The fourth-order valence-corrected chi connectivity index (χ4v) is 4.75. The van der Waals surface area contributed by atoms with E-state index in [1.165, 1.54) is 18.6 Å². The third-order valence-electron chi connectivity index (χ3n) is 4.56. The molecule has 2 aliphatic rings. The molecule has 0 radical (unpaired) electrons. The predicted octanol–water partition coefficient (Wildman–Crippen LogP) is 1.51. The Kier molecular flexibility index (Phi) is 3.74. The molecule has 1 saturated carbocycles. The zero-order chi connectivity index (χ0) is 14.9. The smallest absolute Gasteiger partial charge is 0.242 e. The Labute approximate surface area is 125 Å². The Morgan fingerprint density at radius 2 is 2.10 bits per heavy atom. The van der Waals surface area contributed by atoms with Crippen LogP contribution in [0.5, 0.6) is 0 Å². The van der Waals surface area contributed by atoms with Crippen LogP contribution in [0.1, 0.15) is 37.7 Å². The number of piperidine rings is 1. The number of rotatable bonds is 3. The minimum atomic E-state index is -3.64. The molecule has 21 heavy (non-hydrogen) atoms. The van der Waals surface area contributed by atoms with Crippen molar-refractivity contribution in [3.63, 3.8) is 0 Å². The maximum atomic E-state index is 12.5. The molecule has 1 aliphatic heterocycles. The first-order chi connectivity index (χ1) is 10.0. The second-order valence-corrected chi connectivity index (χ2v) is 7.66. The van der Waals surface area contributed by atoms with Gasteiger partial charge in [-0.15, -0.1) is 0 Å². The summed E-state index contributed by atoms with van der Waals surface area (Å²) in [6, 6.07) is 8.23. The van der Waals surface area contributed by atoms with Gasteiger partial charge in [0.05, 0.1) is 10.5 Å². The van der Waals surface area contributed by atoms with Gasteiger partial charge in [0.2, 0.25) is 10.0 Å². The summed E-state index contributed by atoms with van der Waals surface area (Å²) in [4.78, 5) is 0.0775. The first-order valence-electron chi connectivity index (χ1n) is 7.31. The van der Waals surface area contributed by atoms with Crippen molar-refractivity contribution < 1.29 is 8.42 Å². The van der Waals surface area contributed by atoms with E-state index >= 15 is 0 Å². The minimum Gasteiger partial charge on any atom is -0.311 e. The molecule has 1 spiro atoms. The standard InChI is InChI=1S/C15H19N3O2S/c16-11-12-4-1-2-5-14(12)21(19,20)18-13-6-9-17-15(10-13)7-3-8-15/h1-2,4-5,13,17-18H,3,6-10H2. The molecule has 1 aromatic carbocycles. The molecule has 1 aliphatic carbocycles. The molecule has 2 fully saturated rings.